The molecule has 0 radical (unpaired) electrons. The highest BCUT2D eigenvalue weighted by atomic mass is 16.2. The molecule has 24 heavy (non-hydrogen) atoms. The Balaban J connectivity index is 1.89. The van der Waals surface area contributed by atoms with Gasteiger partial charge < -0.3 is 0 Å². The molecule has 0 N–H and O–H groups in total. The SMILES string of the molecule is CC1=NN(c2ccccc2)C(=O)C1=Cc1ccc(C(C)(C)C)cc1. The minimum absolute atomic E-state index is 0.0846. The molecule has 3 heteroatoms. The van der Waals surface area contributed by atoms with Crippen LogP contribution in [0.3, 0.4) is 0 Å². The minimum atomic E-state index is -0.0846. The smallest absolute Gasteiger partial charge is 0.267 e. The summed E-state index contributed by atoms with van der Waals surface area (Å²) in [6, 6.07) is 17.8. The van der Waals surface area contributed by atoms with Crippen LogP contribution in [0.1, 0.15) is 38.8 Å². The number of carbonyl (C=O) groups excluding carboxylic acids is 1. The van der Waals surface area contributed by atoms with Gasteiger partial charge in [-0.2, -0.15) is 10.1 Å². The maximum Gasteiger partial charge on any atom is 0.280 e. The molecule has 122 valence electrons. The van der Waals surface area contributed by atoms with Crippen LogP contribution < -0.4 is 5.01 Å². The maximum atomic E-state index is 12.7. The number of hydrazone groups is 1. The molecule has 0 atom stereocenters. The lowest BCUT2D eigenvalue weighted by molar-refractivity contribution is -0.114. The van der Waals surface area contributed by atoms with Gasteiger partial charge in [0.05, 0.1) is 17.0 Å². The molecule has 0 spiro atoms. The highest BCUT2D eigenvalue weighted by Gasteiger charge is 2.28. The lowest BCUT2D eigenvalue weighted by Crippen LogP contribution is -2.21. The minimum Gasteiger partial charge on any atom is -0.267 e. The fraction of sp³-hybridized carbons (Fsp3) is 0.238. The fourth-order valence-electron chi connectivity index (χ4n) is 2.67. The number of carbonyl (C=O) groups is 1. The van der Waals surface area contributed by atoms with Crippen molar-refractivity contribution >= 4 is 23.4 Å². The van der Waals surface area contributed by atoms with Crippen molar-refractivity contribution in [3.8, 4) is 0 Å². The predicted molar refractivity (Wildman–Crippen MR) is 100 cm³/mol. The standard InChI is InChI=1S/C21H22N2O/c1-15-19(14-16-10-12-17(13-11-16)21(2,3)4)20(24)23(22-15)18-8-6-5-7-9-18/h5-14H,1-4H3. The molecule has 1 heterocycles. The number of para-hydroxylation sites is 1. The lowest BCUT2D eigenvalue weighted by Gasteiger charge is -2.18. The average Bonchev–Trinajstić information content (AvgIpc) is 2.83. The van der Waals surface area contributed by atoms with Gasteiger partial charge in [-0.3, -0.25) is 4.79 Å². The molecule has 3 nitrogen and oxygen atoms in total. The molecule has 2 aromatic carbocycles. The lowest BCUT2D eigenvalue weighted by atomic mass is 9.86. The number of nitrogens with zero attached hydrogens (tertiary/aromatic N) is 2. The number of hydrogen-bond acceptors (Lipinski definition) is 2. The summed E-state index contributed by atoms with van der Waals surface area (Å²) < 4.78 is 0. The van der Waals surface area contributed by atoms with Crippen LogP contribution in [0.2, 0.25) is 0 Å². The van der Waals surface area contributed by atoms with Gasteiger partial charge in [0.15, 0.2) is 0 Å². The zero-order chi connectivity index (χ0) is 17.3. The Labute approximate surface area is 143 Å². The van der Waals surface area contributed by atoms with Crippen molar-refractivity contribution in [1.82, 2.24) is 0 Å². The summed E-state index contributed by atoms with van der Waals surface area (Å²) in [5.41, 5.74) is 4.57. The Kier molecular flexibility index (Phi) is 4.10. The zero-order valence-corrected chi connectivity index (χ0v) is 14.6. The van der Waals surface area contributed by atoms with Crippen LogP contribution in [0.4, 0.5) is 5.69 Å². The maximum absolute atomic E-state index is 12.7. The van der Waals surface area contributed by atoms with Crippen molar-refractivity contribution in [3.05, 3.63) is 71.3 Å². The number of benzene rings is 2. The third-order valence-corrected chi connectivity index (χ3v) is 4.15. The van der Waals surface area contributed by atoms with Gasteiger partial charge >= 0.3 is 0 Å². The average molecular weight is 318 g/mol. The largest absolute Gasteiger partial charge is 0.280 e. The normalized spacial score (nSPS) is 16.7. The summed E-state index contributed by atoms with van der Waals surface area (Å²) in [4.78, 5) is 12.7. The summed E-state index contributed by atoms with van der Waals surface area (Å²) >= 11 is 0. The van der Waals surface area contributed by atoms with E-state index in [0.717, 1.165) is 17.0 Å². The summed E-state index contributed by atoms with van der Waals surface area (Å²) in [7, 11) is 0. The van der Waals surface area contributed by atoms with Crippen LogP contribution in [-0.2, 0) is 10.2 Å². The first-order chi connectivity index (χ1) is 11.4. The van der Waals surface area contributed by atoms with Crippen molar-refractivity contribution in [1.29, 1.82) is 0 Å². The van der Waals surface area contributed by atoms with E-state index in [1.54, 1.807) is 0 Å². The summed E-state index contributed by atoms with van der Waals surface area (Å²) in [5.74, 6) is -0.0846. The van der Waals surface area contributed by atoms with Crippen molar-refractivity contribution in [2.24, 2.45) is 5.10 Å². The van der Waals surface area contributed by atoms with E-state index in [-0.39, 0.29) is 11.3 Å². The first-order valence-electron chi connectivity index (χ1n) is 8.13. The quantitative estimate of drug-likeness (QED) is 0.733. The van der Waals surface area contributed by atoms with E-state index in [1.807, 2.05) is 43.3 Å². The fourth-order valence-corrected chi connectivity index (χ4v) is 2.67. The molecule has 0 saturated carbocycles. The van der Waals surface area contributed by atoms with Crippen LogP contribution in [0.25, 0.3) is 6.08 Å². The molecule has 2 aromatic rings. The van der Waals surface area contributed by atoms with Crippen molar-refractivity contribution in [2.45, 2.75) is 33.1 Å². The molecular weight excluding hydrogens is 296 g/mol. The predicted octanol–water partition coefficient (Wildman–Crippen LogP) is 4.79. The van der Waals surface area contributed by atoms with Gasteiger partial charge in [0.25, 0.3) is 5.91 Å². The topological polar surface area (TPSA) is 32.7 Å². The zero-order valence-electron chi connectivity index (χ0n) is 14.6. The molecule has 0 aliphatic carbocycles. The van der Waals surface area contributed by atoms with Gasteiger partial charge in [-0.15, -0.1) is 0 Å². The monoisotopic (exact) mass is 318 g/mol. The Morgan fingerprint density at radius 1 is 0.958 bits per heavy atom. The van der Waals surface area contributed by atoms with E-state index < -0.39 is 0 Å². The van der Waals surface area contributed by atoms with Crippen LogP contribution in [-0.4, -0.2) is 11.6 Å². The molecule has 0 bridgehead atoms. The first-order valence-corrected chi connectivity index (χ1v) is 8.13. The number of anilines is 1. The van der Waals surface area contributed by atoms with Crippen LogP contribution in [0.15, 0.2) is 65.3 Å². The molecule has 0 saturated heterocycles. The van der Waals surface area contributed by atoms with Crippen molar-refractivity contribution < 1.29 is 4.79 Å². The number of rotatable bonds is 2. The highest BCUT2D eigenvalue weighted by molar-refractivity contribution is 6.32. The van der Waals surface area contributed by atoms with Gasteiger partial charge in [-0.1, -0.05) is 63.2 Å². The van der Waals surface area contributed by atoms with Crippen LogP contribution >= 0.6 is 0 Å². The first kappa shape index (κ1) is 16.2. The molecule has 0 unspecified atom stereocenters. The van der Waals surface area contributed by atoms with Crippen molar-refractivity contribution in [3.63, 3.8) is 0 Å². The molecule has 1 aliphatic rings. The molecule has 0 fully saturated rings. The Bertz CT molecular complexity index is 809. The molecule has 1 aliphatic heterocycles. The highest BCUT2D eigenvalue weighted by Crippen LogP contribution is 2.26. The van der Waals surface area contributed by atoms with Gasteiger partial charge in [-0.05, 0) is 41.7 Å². The van der Waals surface area contributed by atoms with E-state index in [4.69, 9.17) is 0 Å². The summed E-state index contributed by atoms with van der Waals surface area (Å²) in [6.07, 6.45) is 1.91. The van der Waals surface area contributed by atoms with E-state index in [0.29, 0.717) is 5.57 Å². The third-order valence-electron chi connectivity index (χ3n) is 4.15. The van der Waals surface area contributed by atoms with Crippen molar-refractivity contribution in [2.75, 3.05) is 5.01 Å². The van der Waals surface area contributed by atoms with Gasteiger partial charge in [0.1, 0.15) is 0 Å². The second-order valence-corrected chi connectivity index (χ2v) is 7.07. The second kappa shape index (κ2) is 6.08. The van der Waals surface area contributed by atoms with E-state index in [9.17, 15) is 4.79 Å². The molecule has 3 rings (SSSR count). The Morgan fingerprint density at radius 3 is 2.17 bits per heavy atom. The van der Waals surface area contributed by atoms with Gasteiger partial charge in [-0.25, -0.2) is 0 Å². The number of hydrogen-bond donors (Lipinski definition) is 0. The van der Waals surface area contributed by atoms with Crippen LogP contribution in [0, 0.1) is 0 Å². The molecular formula is C21H22N2O. The summed E-state index contributed by atoms with van der Waals surface area (Å²) in [5, 5.41) is 5.87. The van der Waals surface area contributed by atoms with E-state index in [1.165, 1.54) is 10.6 Å². The second-order valence-electron chi connectivity index (χ2n) is 7.07. The summed E-state index contributed by atoms with van der Waals surface area (Å²) in [6.45, 7) is 8.44. The van der Waals surface area contributed by atoms with Gasteiger partial charge in [0.2, 0.25) is 0 Å². The number of amides is 1. The Morgan fingerprint density at radius 2 is 1.58 bits per heavy atom. The Hall–Kier alpha value is -2.68. The van der Waals surface area contributed by atoms with Gasteiger partial charge in [0, 0.05) is 0 Å². The molecule has 0 aromatic heterocycles. The van der Waals surface area contributed by atoms with Crippen LogP contribution in [0.5, 0.6) is 0 Å². The van der Waals surface area contributed by atoms with E-state index >= 15 is 0 Å². The molecule has 1 amide bonds. The third kappa shape index (κ3) is 3.16. The van der Waals surface area contributed by atoms with E-state index in [2.05, 4.69) is 50.1 Å².